The van der Waals surface area contributed by atoms with Crippen LogP contribution < -0.4 is 11.1 Å². The Morgan fingerprint density at radius 1 is 1.65 bits per heavy atom. The van der Waals surface area contributed by atoms with Crippen LogP contribution in [0.1, 0.15) is 13.8 Å². The van der Waals surface area contributed by atoms with E-state index in [1.807, 2.05) is 19.2 Å². The number of hydrogen-bond donors (Lipinski definition) is 3. The zero-order valence-electron chi connectivity index (χ0n) is 9.87. The molecule has 1 amide bonds. The van der Waals surface area contributed by atoms with Gasteiger partial charge in [0.25, 0.3) is 0 Å². The van der Waals surface area contributed by atoms with Crippen molar-refractivity contribution in [1.29, 1.82) is 0 Å². The minimum Gasteiger partial charge on any atom is -0.409 e. The zero-order valence-corrected chi connectivity index (χ0v) is 9.87. The Labute approximate surface area is 99.3 Å². The lowest BCUT2D eigenvalue weighted by molar-refractivity contribution is -0.123. The fourth-order valence-electron chi connectivity index (χ4n) is 1.32. The molecule has 1 rings (SSSR count). The summed E-state index contributed by atoms with van der Waals surface area (Å²) >= 11 is 0. The van der Waals surface area contributed by atoms with Crippen molar-refractivity contribution in [3.63, 3.8) is 0 Å². The molecule has 17 heavy (non-hydrogen) atoms. The third-order valence-corrected chi connectivity index (χ3v) is 2.36. The number of carbonyl (C=O) groups is 1. The number of oxime groups is 1. The lowest BCUT2D eigenvalue weighted by Gasteiger charge is -2.16. The van der Waals surface area contributed by atoms with Gasteiger partial charge in [-0.3, -0.25) is 9.48 Å². The first-order valence-corrected chi connectivity index (χ1v) is 5.29. The van der Waals surface area contributed by atoms with E-state index in [0.717, 1.165) is 0 Å². The quantitative estimate of drug-likeness (QED) is 0.285. The Morgan fingerprint density at radius 3 is 2.88 bits per heavy atom. The standard InChI is InChI=1S/C10H17N5O2/c1-7(6-15-5-3-4-12-15)13-10(16)8(2)9(11)14-17/h3-5,7-8,17H,6H2,1-2H3,(H2,11,14)(H,13,16). The van der Waals surface area contributed by atoms with Gasteiger partial charge >= 0.3 is 0 Å². The first-order valence-electron chi connectivity index (χ1n) is 5.29. The van der Waals surface area contributed by atoms with Gasteiger partial charge in [-0.1, -0.05) is 5.16 Å². The van der Waals surface area contributed by atoms with E-state index in [-0.39, 0.29) is 17.8 Å². The summed E-state index contributed by atoms with van der Waals surface area (Å²) in [7, 11) is 0. The van der Waals surface area contributed by atoms with Crippen molar-refractivity contribution in [1.82, 2.24) is 15.1 Å². The molecule has 1 aromatic rings. The van der Waals surface area contributed by atoms with Crippen molar-refractivity contribution in [3.8, 4) is 0 Å². The molecule has 0 aliphatic carbocycles. The van der Waals surface area contributed by atoms with Crippen LogP contribution >= 0.6 is 0 Å². The Kier molecular flexibility index (Phi) is 4.50. The average molecular weight is 239 g/mol. The number of aromatic nitrogens is 2. The van der Waals surface area contributed by atoms with Gasteiger partial charge in [0.05, 0.1) is 12.5 Å². The number of hydrogen-bond acceptors (Lipinski definition) is 4. The molecule has 0 spiro atoms. The summed E-state index contributed by atoms with van der Waals surface area (Å²) in [5, 5.41) is 18.1. The second kappa shape index (κ2) is 5.88. The molecule has 0 fully saturated rings. The highest BCUT2D eigenvalue weighted by molar-refractivity contribution is 6.01. The summed E-state index contributed by atoms with van der Waals surface area (Å²) in [6, 6.07) is 1.73. The van der Waals surface area contributed by atoms with Gasteiger partial charge in [0, 0.05) is 18.4 Å². The van der Waals surface area contributed by atoms with Crippen molar-refractivity contribution >= 4 is 11.7 Å². The summed E-state index contributed by atoms with van der Waals surface area (Å²) < 4.78 is 1.72. The molecule has 0 aliphatic rings. The van der Waals surface area contributed by atoms with Gasteiger partial charge in [-0.25, -0.2) is 0 Å². The highest BCUT2D eigenvalue weighted by Gasteiger charge is 2.19. The van der Waals surface area contributed by atoms with E-state index in [1.165, 1.54) is 0 Å². The number of nitrogens with two attached hydrogens (primary N) is 1. The van der Waals surface area contributed by atoms with Gasteiger partial charge in [-0.15, -0.1) is 0 Å². The van der Waals surface area contributed by atoms with Crippen LogP contribution in [0.15, 0.2) is 23.6 Å². The van der Waals surface area contributed by atoms with Gasteiger partial charge < -0.3 is 16.3 Å². The van der Waals surface area contributed by atoms with Crippen molar-refractivity contribution in [3.05, 3.63) is 18.5 Å². The Morgan fingerprint density at radius 2 is 2.35 bits per heavy atom. The number of carbonyl (C=O) groups excluding carboxylic acids is 1. The number of nitrogens with zero attached hydrogens (tertiary/aromatic N) is 3. The first kappa shape index (κ1) is 13.0. The number of amides is 1. The molecule has 0 saturated carbocycles. The minimum atomic E-state index is -0.653. The maximum absolute atomic E-state index is 11.7. The van der Waals surface area contributed by atoms with Gasteiger partial charge in [-0.05, 0) is 19.9 Å². The van der Waals surface area contributed by atoms with Crippen LogP contribution in [0.25, 0.3) is 0 Å². The van der Waals surface area contributed by atoms with Crippen LogP contribution in [-0.4, -0.2) is 32.8 Å². The maximum atomic E-state index is 11.7. The van der Waals surface area contributed by atoms with Gasteiger partial charge in [0.1, 0.15) is 0 Å². The topological polar surface area (TPSA) is 106 Å². The molecule has 94 valence electrons. The monoisotopic (exact) mass is 239 g/mol. The molecule has 7 nitrogen and oxygen atoms in total. The molecule has 2 unspecified atom stereocenters. The van der Waals surface area contributed by atoms with Gasteiger partial charge in [-0.2, -0.15) is 5.10 Å². The van der Waals surface area contributed by atoms with E-state index >= 15 is 0 Å². The lowest BCUT2D eigenvalue weighted by atomic mass is 10.1. The summed E-state index contributed by atoms with van der Waals surface area (Å²) in [6.07, 6.45) is 3.49. The van der Waals surface area contributed by atoms with E-state index in [0.29, 0.717) is 6.54 Å². The molecule has 0 aromatic carbocycles. The van der Waals surface area contributed by atoms with E-state index < -0.39 is 5.92 Å². The Hall–Kier alpha value is -2.05. The summed E-state index contributed by atoms with van der Waals surface area (Å²) in [5.74, 6) is -1.03. The predicted molar refractivity (Wildman–Crippen MR) is 62.4 cm³/mol. The average Bonchev–Trinajstić information content (AvgIpc) is 2.79. The van der Waals surface area contributed by atoms with Crippen LogP contribution in [0.3, 0.4) is 0 Å². The van der Waals surface area contributed by atoms with Crippen molar-refractivity contribution < 1.29 is 10.0 Å². The van der Waals surface area contributed by atoms with Crippen LogP contribution in [0.2, 0.25) is 0 Å². The van der Waals surface area contributed by atoms with Crippen molar-refractivity contribution in [2.75, 3.05) is 0 Å². The van der Waals surface area contributed by atoms with Gasteiger partial charge in [0.15, 0.2) is 5.84 Å². The number of amidine groups is 1. The molecule has 2 atom stereocenters. The third-order valence-electron chi connectivity index (χ3n) is 2.36. The van der Waals surface area contributed by atoms with Gasteiger partial charge in [0.2, 0.25) is 5.91 Å². The van der Waals surface area contributed by atoms with Crippen molar-refractivity contribution in [2.45, 2.75) is 26.4 Å². The fraction of sp³-hybridized carbons (Fsp3) is 0.500. The summed E-state index contributed by atoms with van der Waals surface area (Å²) in [5.41, 5.74) is 5.35. The maximum Gasteiger partial charge on any atom is 0.230 e. The normalized spacial score (nSPS) is 15.3. The highest BCUT2D eigenvalue weighted by Crippen LogP contribution is 1.97. The van der Waals surface area contributed by atoms with Crippen LogP contribution in [-0.2, 0) is 11.3 Å². The highest BCUT2D eigenvalue weighted by atomic mass is 16.4. The molecule has 1 aromatic heterocycles. The largest absolute Gasteiger partial charge is 0.409 e. The zero-order chi connectivity index (χ0) is 12.8. The summed E-state index contributed by atoms with van der Waals surface area (Å²) in [4.78, 5) is 11.7. The Bertz CT molecular complexity index is 387. The molecular weight excluding hydrogens is 222 g/mol. The smallest absolute Gasteiger partial charge is 0.230 e. The molecule has 0 aliphatic heterocycles. The molecule has 0 radical (unpaired) electrons. The molecule has 4 N–H and O–H groups in total. The molecule has 0 saturated heterocycles. The second-order valence-electron chi connectivity index (χ2n) is 3.88. The molecular formula is C10H17N5O2. The van der Waals surface area contributed by atoms with E-state index in [1.54, 1.807) is 17.8 Å². The third kappa shape index (κ3) is 3.78. The van der Waals surface area contributed by atoms with E-state index in [9.17, 15) is 4.79 Å². The second-order valence-corrected chi connectivity index (χ2v) is 3.88. The van der Waals surface area contributed by atoms with Crippen LogP contribution in [0, 0.1) is 5.92 Å². The predicted octanol–water partition coefficient (Wildman–Crippen LogP) is -0.230. The fourth-order valence-corrected chi connectivity index (χ4v) is 1.32. The molecule has 0 bridgehead atoms. The first-order chi connectivity index (χ1) is 8.04. The number of nitrogens with one attached hydrogen (secondary N) is 1. The minimum absolute atomic E-state index is 0.0867. The SMILES string of the molecule is CC(Cn1cccn1)NC(=O)C(C)/C(N)=N/O. The van der Waals surface area contributed by atoms with E-state index in [2.05, 4.69) is 15.6 Å². The lowest BCUT2D eigenvalue weighted by Crippen LogP contribution is -2.42. The van der Waals surface area contributed by atoms with Crippen molar-refractivity contribution in [2.24, 2.45) is 16.8 Å². The summed E-state index contributed by atoms with van der Waals surface area (Å²) in [6.45, 7) is 4.01. The molecule has 1 heterocycles. The Balaban J connectivity index is 2.46. The number of rotatable bonds is 5. The van der Waals surface area contributed by atoms with Crippen LogP contribution in [0.4, 0.5) is 0 Å². The van der Waals surface area contributed by atoms with E-state index in [4.69, 9.17) is 10.9 Å². The van der Waals surface area contributed by atoms with Crippen LogP contribution in [0.5, 0.6) is 0 Å². The molecule has 7 heteroatoms.